The molecule has 1 aromatic carbocycles. The summed E-state index contributed by atoms with van der Waals surface area (Å²) >= 11 is 1.52. The molecule has 0 fully saturated rings. The van der Waals surface area contributed by atoms with Crippen LogP contribution in [0, 0.1) is 6.92 Å². The van der Waals surface area contributed by atoms with Crippen LogP contribution in [0.15, 0.2) is 41.6 Å². The van der Waals surface area contributed by atoms with Gasteiger partial charge in [0.05, 0.1) is 0 Å². The van der Waals surface area contributed by atoms with E-state index in [1.165, 1.54) is 11.8 Å². The average Bonchev–Trinajstić information content (AvgIpc) is 2.37. The zero-order chi connectivity index (χ0) is 12.1. The maximum Gasteiger partial charge on any atom is 0.217 e. The van der Waals surface area contributed by atoms with Gasteiger partial charge in [0.15, 0.2) is 5.16 Å². The second-order valence-corrected chi connectivity index (χ2v) is 4.38. The van der Waals surface area contributed by atoms with E-state index in [1.807, 2.05) is 49.6 Å². The van der Waals surface area contributed by atoms with Gasteiger partial charge in [0.1, 0.15) is 6.61 Å². The van der Waals surface area contributed by atoms with Crippen LogP contribution in [0.25, 0.3) is 0 Å². The largest absolute Gasteiger partial charge is 0.473 e. The van der Waals surface area contributed by atoms with Gasteiger partial charge in [-0.3, -0.25) is 0 Å². The number of rotatable bonds is 4. The second kappa shape index (κ2) is 5.68. The Morgan fingerprint density at radius 2 is 1.94 bits per heavy atom. The van der Waals surface area contributed by atoms with E-state index in [2.05, 4.69) is 9.97 Å². The van der Waals surface area contributed by atoms with Gasteiger partial charge in [-0.1, -0.05) is 42.1 Å². The lowest BCUT2D eigenvalue weighted by Crippen LogP contribution is -1.99. The Hall–Kier alpha value is -1.55. The van der Waals surface area contributed by atoms with Crippen LogP contribution in [0.4, 0.5) is 0 Å². The number of ether oxygens (including phenoxy) is 1. The minimum atomic E-state index is 0.533. The van der Waals surface area contributed by atoms with E-state index in [1.54, 1.807) is 0 Å². The van der Waals surface area contributed by atoms with Crippen LogP contribution in [0.1, 0.15) is 11.3 Å². The first-order valence-electron chi connectivity index (χ1n) is 5.34. The molecule has 3 nitrogen and oxygen atoms in total. The van der Waals surface area contributed by atoms with E-state index in [4.69, 9.17) is 4.74 Å². The normalized spacial score (nSPS) is 10.2. The molecule has 0 spiro atoms. The van der Waals surface area contributed by atoms with Gasteiger partial charge in [0.2, 0.25) is 5.88 Å². The molecule has 0 aliphatic heterocycles. The van der Waals surface area contributed by atoms with Crippen molar-refractivity contribution in [1.29, 1.82) is 0 Å². The zero-order valence-corrected chi connectivity index (χ0v) is 10.7. The maximum absolute atomic E-state index is 5.65. The summed E-state index contributed by atoms with van der Waals surface area (Å²) in [5.74, 6) is 0.630. The SMILES string of the molecule is CSc1nc(C)cc(OCc2ccccc2)n1. The van der Waals surface area contributed by atoms with Crippen molar-refractivity contribution in [1.82, 2.24) is 9.97 Å². The molecule has 1 aromatic heterocycles. The Bertz CT molecular complexity index is 488. The van der Waals surface area contributed by atoms with Crippen molar-refractivity contribution < 1.29 is 4.74 Å². The summed E-state index contributed by atoms with van der Waals surface area (Å²) in [5, 5.41) is 0.744. The van der Waals surface area contributed by atoms with Gasteiger partial charge in [-0.05, 0) is 18.7 Å². The molecule has 0 N–H and O–H groups in total. The molecule has 0 aliphatic rings. The van der Waals surface area contributed by atoms with E-state index in [0.717, 1.165) is 16.4 Å². The Morgan fingerprint density at radius 1 is 1.18 bits per heavy atom. The summed E-state index contributed by atoms with van der Waals surface area (Å²) < 4.78 is 5.65. The molecule has 0 unspecified atom stereocenters. The predicted molar refractivity (Wildman–Crippen MR) is 69.3 cm³/mol. The van der Waals surface area contributed by atoms with Crippen LogP contribution >= 0.6 is 11.8 Å². The topological polar surface area (TPSA) is 35.0 Å². The third-order valence-corrected chi connectivity index (χ3v) is 2.77. The van der Waals surface area contributed by atoms with Crippen LogP contribution < -0.4 is 4.74 Å². The van der Waals surface area contributed by atoms with E-state index >= 15 is 0 Å². The Morgan fingerprint density at radius 3 is 2.65 bits per heavy atom. The Labute approximate surface area is 105 Å². The summed E-state index contributed by atoms with van der Waals surface area (Å²) in [6.45, 7) is 2.47. The summed E-state index contributed by atoms with van der Waals surface area (Å²) in [7, 11) is 0. The molecule has 0 radical (unpaired) electrons. The minimum absolute atomic E-state index is 0.533. The van der Waals surface area contributed by atoms with Gasteiger partial charge in [-0.15, -0.1) is 0 Å². The molecule has 4 heteroatoms. The smallest absolute Gasteiger partial charge is 0.217 e. The molecular formula is C13H14N2OS. The number of aromatic nitrogens is 2. The monoisotopic (exact) mass is 246 g/mol. The van der Waals surface area contributed by atoms with E-state index in [-0.39, 0.29) is 0 Å². The first-order chi connectivity index (χ1) is 8.28. The highest BCUT2D eigenvalue weighted by atomic mass is 32.2. The molecule has 17 heavy (non-hydrogen) atoms. The summed E-state index contributed by atoms with van der Waals surface area (Å²) in [6, 6.07) is 11.9. The van der Waals surface area contributed by atoms with Crippen molar-refractivity contribution >= 4 is 11.8 Å². The molecule has 1 heterocycles. The Balaban J connectivity index is 2.06. The number of nitrogens with zero attached hydrogens (tertiary/aromatic N) is 2. The van der Waals surface area contributed by atoms with Crippen LogP contribution in [-0.2, 0) is 6.61 Å². The lowest BCUT2D eigenvalue weighted by atomic mass is 10.2. The van der Waals surface area contributed by atoms with Crippen LogP contribution in [0.2, 0.25) is 0 Å². The molecule has 0 saturated heterocycles. The van der Waals surface area contributed by atoms with Crippen molar-refractivity contribution in [3.05, 3.63) is 47.7 Å². The highest BCUT2D eigenvalue weighted by Crippen LogP contribution is 2.16. The number of hydrogen-bond donors (Lipinski definition) is 0. The molecule has 0 aliphatic carbocycles. The fourth-order valence-corrected chi connectivity index (χ4v) is 1.83. The van der Waals surface area contributed by atoms with E-state index in [9.17, 15) is 0 Å². The van der Waals surface area contributed by atoms with Crippen LogP contribution in [-0.4, -0.2) is 16.2 Å². The lowest BCUT2D eigenvalue weighted by Gasteiger charge is -2.07. The third kappa shape index (κ3) is 3.46. The predicted octanol–water partition coefficient (Wildman–Crippen LogP) is 3.09. The van der Waals surface area contributed by atoms with Gasteiger partial charge in [-0.25, -0.2) is 4.98 Å². The molecule has 0 bridgehead atoms. The van der Waals surface area contributed by atoms with Crippen LogP contribution in [0.5, 0.6) is 5.88 Å². The highest BCUT2D eigenvalue weighted by Gasteiger charge is 2.02. The summed E-state index contributed by atoms with van der Waals surface area (Å²) in [6.07, 6.45) is 1.95. The number of aryl methyl sites for hydroxylation is 1. The lowest BCUT2D eigenvalue weighted by molar-refractivity contribution is 0.290. The van der Waals surface area contributed by atoms with Gasteiger partial charge < -0.3 is 4.74 Å². The minimum Gasteiger partial charge on any atom is -0.473 e. The van der Waals surface area contributed by atoms with Gasteiger partial charge in [0.25, 0.3) is 0 Å². The van der Waals surface area contributed by atoms with Crippen molar-refractivity contribution in [2.24, 2.45) is 0 Å². The summed E-state index contributed by atoms with van der Waals surface area (Å²) in [5.41, 5.74) is 2.06. The molecule has 88 valence electrons. The van der Waals surface area contributed by atoms with Crippen LogP contribution in [0.3, 0.4) is 0 Å². The molecule has 0 saturated carbocycles. The number of benzene rings is 1. The first kappa shape index (κ1) is 11.9. The third-order valence-electron chi connectivity index (χ3n) is 2.22. The first-order valence-corrected chi connectivity index (χ1v) is 6.57. The van der Waals surface area contributed by atoms with Gasteiger partial charge in [0, 0.05) is 11.8 Å². The van der Waals surface area contributed by atoms with Gasteiger partial charge in [-0.2, -0.15) is 4.98 Å². The van der Waals surface area contributed by atoms with Crippen molar-refractivity contribution in [2.45, 2.75) is 18.7 Å². The second-order valence-electron chi connectivity index (χ2n) is 3.61. The van der Waals surface area contributed by atoms with Gasteiger partial charge >= 0.3 is 0 Å². The Kier molecular flexibility index (Phi) is 3.98. The molecule has 0 atom stereocenters. The zero-order valence-electron chi connectivity index (χ0n) is 9.88. The summed E-state index contributed by atoms with van der Waals surface area (Å²) in [4.78, 5) is 8.58. The molecule has 2 aromatic rings. The molecular weight excluding hydrogens is 232 g/mol. The standard InChI is InChI=1S/C13H14N2OS/c1-10-8-12(15-13(14-10)17-2)16-9-11-6-4-3-5-7-11/h3-8H,9H2,1-2H3. The maximum atomic E-state index is 5.65. The number of hydrogen-bond acceptors (Lipinski definition) is 4. The highest BCUT2D eigenvalue weighted by molar-refractivity contribution is 7.98. The van der Waals surface area contributed by atoms with E-state index < -0.39 is 0 Å². The average molecular weight is 246 g/mol. The number of thioether (sulfide) groups is 1. The molecule has 0 amide bonds. The van der Waals surface area contributed by atoms with Crippen molar-refractivity contribution in [2.75, 3.05) is 6.26 Å². The fourth-order valence-electron chi connectivity index (χ4n) is 1.41. The van der Waals surface area contributed by atoms with Crippen molar-refractivity contribution in [3.63, 3.8) is 0 Å². The van der Waals surface area contributed by atoms with Crippen molar-refractivity contribution in [3.8, 4) is 5.88 Å². The fraction of sp³-hybridized carbons (Fsp3) is 0.231. The quantitative estimate of drug-likeness (QED) is 0.613. The van der Waals surface area contributed by atoms with E-state index in [0.29, 0.717) is 12.5 Å². The molecule has 2 rings (SSSR count).